The van der Waals surface area contributed by atoms with Gasteiger partial charge in [0, 0.05) is 6.54 Å². The first kappa shape index (κ1) is 14.4. The van der Waals surface area contributed by atoms with E-state index in [1.807, 2.05) is 0 Å². The Morgan fingerprint density at radius 2 is 2.14 bits per heavy atom. The number of carboxylic acid groups (broad SMARTS) is 1. The number of para-hydroxylation sites is 1. The molecule has 0 aliphatic heterocycles. The molecule has 1 aromatic carbocycles. The Morgan fingerprint density at radius 1 is 1.29 bits per heavy atom. The highest BCUT2D eigenvalue weighted by molar-refractivity contribution is 5.90. The molecule has 2 N–H and O–H groups in total. The first-order valence-corrected chi connectivity index (χ1v) is 7.90. The van der Waals surface area contributed by atoms with Crippen molar-refractivity contribution < 1.29 is 14.6 Å². The fraction of sp³-hybridized carbons (Fsp3) is 0.588. The molecule has 0 amide bonds. The second kappa shape index (κ2) is 6.48. The van der Waals surface area contributed by atoms with Gasteiger partial charge >= 0.3 is 5.97 Å². The van der Waals surface area contributed by atoms with E-state index in [0.717, 1.165) is 30.8 Å². The highest BCUT2D eigenvalue weighted by atomic mass is 16.5. The number of benzene rings is 1. The smallest absolute Gasteiger partial charge is 0.339 e. The van der Waals surface area contributed by atoms with Crippen molar-refractivity contribution in [2.24, 2.45) is 17.8 Å². The number of carbonyl (C=O) groups is 1. The van der Waals surface area contributed by atoms with Crippen molar-refractivity contribution >= 4 is 5.97 Å². The van der Waals surface area contributed by atoms with Gasteiger partial charge in [0.15, 0.2) is 0 Å². The van der Waals surface area contributed by atoms with Gasteiger partial charge in [-0.1, -0.05) is 18.6 Å². The van der Waals surface area contributed by atoms with Crippen LogP contribution in [0.15, 0.2) is 24.3 Å². The van der Waals surface area contributed by atoms with Gasteiger partial charge in [-0.2, -0.15) is 0 Å². The average molecular weight is 289 g/mol. The minimum atomic E-state index is -0.944. The first-order valence-electron chi connectivity index (χ1n) is 7.90. The lowest BCUT2D eigenvalue weighted by Crippen LogP contribution is -2.29. The maximum Gasteiger partial charge on any atom is 0.339 e. The van der Waals surface area contributed by atoms with Crippen molar-refractivity contribution in [1.82, 2.24) is 5.32 Å². The van der Waals surface area contributed by atoms with Crippen LogP contribution in [0.25, 0.3) is 0 Å². The topological polar surface area (TPSA) is 58.6 Å². The zero-order valence-electron chi connectivity index (χ0n) is 12.3. The molecular formula is C17H23NO3. The second-order valence-electron chi connectivity index (χ2n) is 6.29. The van der Waals surface area contributed by atoms with Gasteiger partial charge in [-0.05, 0) is 55.7 Å². The molecule has 2 aliphatic carbocycles. The van der Waals surface area contributed by atoms with Gasteiger partial charge in [0.2, 0.25) is 0 Å². The van der Waals surface area contributed by atoms with Crippen molar-refractivity contribution in [2.45, 2.75) is 25.7 Å². The van der Waals surface area contributed by atoms with Crippen LogP contribution in [0.5, 0.6) is 5.75 Å². The van der Waals surface area contributed by atoms with E-state index in [1.54, 1.807) is 24.3 Å². The van der Waals surface area contributed by atoms with Crippen LogP contribution in [0.2, 0.25) is 0 Å². The minimum Gasteiger partial charge on any atom is -0.491 e. The van der Waals surface area contributed by atoms with Crippen LogP contribution in [0, 0.1) is 17.8 Å². The summed E-state index contributed by atoms with van der Waals surface area (Å²) in [6.07, 6.45) is 5.69. The summed E-state index contributed by atoms with van der Waals surface area (Å²) in [5.41, 5.74) is 0.227. The molecule has 4 nitrogen and oxygen atoms in total. The Bertz CT molecular complexity index is 503. The summed E-state index contributed by atoms with van der Waals surface area (Å²) in [7, 11) is 0. The third-order valence-corrected chi connectivity index (χ3v) is 4.94. The molecule has 0 saturated heterocycles. The number of hydrogen-bond donors (Lipinski definition) is 2. The molecule has 2 bridgehead atoms. The van der Waals surface area contributed by atoms with Crippen LogP contribution < -0.4 is 10.1 Å². The predicted octanol–water partition coefficient (Wildman–Crippen LogP) is 2.79. The Hall–Kier alpha value is -1.55. The quantitative estimate of drug-likeness (QED) is 0.758. The number of aromatic carboxylic acids is 1. The van der Waals surface area contributed by atoms with E-state index >= 15 is 0 Å². The number of nitrogens with one attached hydrogen (secondary N) is 1. The highest BCUT2D eigenvalue weighted by Gasteiger charge is 2.38. The van der Waals surface area contributed by atoms with Crippen LogP contribution in [0.4, 0.5) is 0 Å². The Morgan fingerprint density at radius 3 is 2.86 bits per heavy atom. The summed E-state index contributed by atoms with van der Waals surface area (Å²) in [4.78, 5) is 11.1. The van der Waals surface area contributed by atoms with Gasteiger partial charge in [-0.25, -0.2) is 4.79 Å². The lowest BCUT2D eigenvalue weighted by atomic mass is 9.89. The molecule has 114 valence electrons. The number of fused-ring (bicyclic) bond motifs is 2. The Balaban J connectivity index is 1.38. The predicted molar refractivity (Wildman–Crippen MR) is 80.7 cm³/mol. The van der Waals surface area contributed by atoms with Gasteiger partial charge in [0.25, 0.3) is 0 Å². The zero-order valence-corrected chi connectivity index (χ0v) is 12.3. The van der Waals surface area contributed by atoms with Crippen LogP contribution >= 0.6 is 0 Å². The molecule has 21 heavy (non-hydrogen) atoms. The maximum atomic E-state index is 11.1. The molecule has 3 rings (SSSR count). The van der Waals surface area contributed by atoms with E-state index in [1.165, 1.54) is 25.7 Å². The van der Waals surface area contributed by atoms with E-state index in [-0.39, 0.29) is 5.56 Å². The summed E-state index contributed by atoms with van der Waals surface area (Å²) in [6.45, 7) is 2.35. The fourth-order valence-corrected chi connectivity index (χ4v) is 3.92. The van der Waals surface area contributed by atoms with Gasteiger partial charge in [0.1, 0.15) is 17.9 Å². The van der Waals surface area contributed by atoms with Crippen molar-refractivity contribution in [3.63, 3.8) is 0 Å². The lowest BCUT2D eigenvalue weighted by molar-refractivity contribution is 0.0692. The van der Waals surface area contributed by atoms with Gasteiger partial charge < -0.3 is 15.2 Å². The zero-order chi connectivity index (χ0) is 14.7. The average Bonchev–Trinajstić information content (AvgIpc) is 3.10. The Kier molecular flexibility index (Phi) is 4.44. The standard InChI is InChI=1S/C17H23NO3/c19-17(20)15-3-1-2-4-16(15)21-8-7-18-11-14-10-12-5-6-13(14)9-12/h1-4,12-14,18H,5-11H2,(H,19,20). The van der Waals surface area contributed by atoms with Crippen LogP contribution in [0.1, 0.15) is 36.0 Å². The van der Waals surface area contributed by atoms with E-state index < -0.39 is 5.97 Å². The number of ether oxygens (including phenoxy) is 1. The Labute approximate surface area is 125 Å². The molecule has 3 unspecified atom stereocenters. The summed E-state index contributed by atoms with van der Waals surface area (Å²) < 4.78 is 5.58. The SMILES string of the molecule is O=C(O)c1ccccc1OCCNCC1CC2CCC1C2. The van der Waals surface area contributed by atoms with E-state index in [9.17, 15) is 4.79 Å². The fourth-order valence-electron chi connectivity index (χ4n) is 3.92. The van der Waals surface area contributed by atoms with E-state index in [4.69, 9.17) is 9.84 Å². The second-order valence-corrected chi connectivity index (χ2v) is 6.29. The molecule has 0 heterocycles. The van der Waals surface area contributed by atoms with Gasteiger partial charge in [-0.15, -0.1) is 0 Å². The molecular weight excluding hydrogens is 266 g/mol. The summed E-state index contributed by atoms with van der Waals surface area (Å²) in [6, 6.07) is 6.79. The van der Waals surface area contributed by atoms with Crippen molar-refractivity contribution in [3.05, 3.63) is 29.8 Å². The molecule has 0 radical (unpaired) electrons. The number of hydrogen-bond acceptors (Lipinski definition) is 3. The van der Waals surface area contributed by atoms with Gasteiger partial charge in [-0.3, -0.25) is 0 Å². The third kappa shape index (κ3) is 3.38. The van der Waals surface area contributed by atoms with Crippen LogP contribution in [-0.4, -0.2) is 30.8 Å². The third-order valence-electron chi connectivity index (χ3n) is 4.94. The van der Waals surface area contributed by atoms with E-state index in [2.05, 4.69) is 5.32 Å². The minimum absolute atomic E-state index is 0.227. The molecule has 0 spiro atoms. The number of rotatable bonds is 7. The molecule has 0 aromatic heterocycles. The van der Waals surface area contributed by atoms with Crippen molar-refractivity contribution in [1.29, 1.82) is 0 Å². The molecule has 1 aromatic rings. The largest absolute Gasteiger partial charge is 0.491 e. The molecule has 4 heteroatoms. The highest BCUT2D eigenvalue weighted by Crippen LogP contribution is 2.47. The summed E-state index contributed by atoms with van der Waals surface area (Å²) in [5.74, 6) is 2.28. The van der Waals surface area contributed by atoms with Crippen LogP contribution in [-0.2, 0) is 0 Å². The first-order chi connectivity index (χ1) is 10.2. The normalized spacial score (nSPS) is 27.0. The van der Waals surface area contributed by atoms with Crippen molar-refractivity contribution in [2.75, 3.05) is 19.7 Å². The van der Waals surface area contributed by atoms with E-state index in [0.29, 0.717) is 12.4 Å². The van der Waals surface area contributed by atoms with Crippen molar-refractivity contribution in [3.8, 4) is 5.75 Å². The monoisotopic (exact) mass is 289 g/mol. The molecule has 2 aliphatic rings. The van der Waals surface area contributed by atoms with Gasteiger partial charge in [0.05, 0.1) is 0 Å². The molecule has 2 saturated carbocycles. The molecule has 2 fully saturated rings. The van der Waals surface area contributed by atoms with Crippen LogP contribution in [0.3, 0.4) is 0 Å². The maximum absolute atomic E-state index is 11.1. The lowest BCUT2D eigenvalue weighted by Gasteiger charge is -2.21. The summed E-state index contributed by atoms with van der Waals surface area (Å²) >= 11 is 0. The summed E-state index contributed by atoms with van der Waals surface area (Å²) in [5, 5.41) is 12.5. The molecule has 3 atom stereocenters. The number of carboxylic acids is 1.